The topological polar surface area (TPSA) is 46.5 Å². The fourth-order valence-electron chi connectivity index (χ4n) is 1.87. The van der Waals surface area contributed by atoms with Gasteiger partial charge >= 0.3 is 5.97 Å². The Bertz CT molecular complexity index is 561. The summed E-state index contributed by atoms with van der Waals surface area (Å²) in [6, 6.07) is 14.7. The molecule has 0 aliphatic heterocycles. The van der Waals surface area contributed by atoms with Crippen LogP contribution in [0.25, 0.3) is 11.1 Å². The molecule has 0 unspecified atom stereocenters. The van der Waals surface area contributed by atoms with Crippen molar-refractivity contribution in [3.05, 3.63) is 59.7 Å². The maximum absolute atomic E-state index is 11.5. The van der Waals surface area contributed by atoms with E-state index in [9.17, 15) is 9.90 Å². The molecule has 0 aliphatic carbocycles. The molecule has 0 bridgehead atoms. The highest BCUT2D eigenvalue weighted by Gasteiger charge is 2.08. The third kappa shape index (κ3) is 2.41. The summed E-state index contributed by atoms with van der Waals surface area (Å²) in [5, 5.41) is 9.31. The van der Waals surface area contributed by atoms with Crippen molar-refractivity contribution in [2.45, 2.75) is 6.61 Å². The third-order valence-corrected chi connectivity index (χ3v) is 2.78. The van der Waals surface area contributed by atoms with Crippen LogP contribution in [0.2, 0.25) is 0 Å². The summed E-state index contributed by atoms with van der Waals surface area (Å²) >= 11 is 0. The van der Waals surface area contributed by atoms with Crippen molar-refractivity contribution in [2.75, 3.05) is 7.11 Å². The number of ether oxygens (including phenoxy) is 1. The highest BCUT2D eigenvalue weighted by Crippen LogP contribution is 2.24. The van der Waals surface area contributed by atoms with Crippen molar-refractivity contribution in [1.82, 2.24) is 0 Å². The van der Waals surface area contributed by atoms with Crippen molar-refractivity contribution in [1.29, 1.82) is 0 Å². The Morgan fingerprint density at radius 2 is 1.94 bits per heavy atom. The molecule has 0 fully saturated rings. The molecule has 0 aliphatic rings. The average molecular weight is 242 g/mol. The third-order valence-electron chi connectivity index (χ3n) is 2.78. The van der Waals surface area contributed by atoms with Crippen LogP contribution in [0.4, 0.5) is 0 Å². The summed E-state index contributed by atoms with van der Waals surface area (Å²) in [5.74, 6) is -0.363. The highest BCUT2D eigenvalue weighted by molar-refractivity contribution is 5.91. The number of carbonyl (C=O) groups is 1. The molecule has 0 atom stereocenters. The van der Waals surface area contributed by atoms with Crippen LogP contribution >= 0.6 is 0 Å². The minimum Gasteiger partial charge on any atom is -0.465 e. The number of rotatable bonds is 3. The summed E-state index contributed by atoms with van der Waals surface area (Å²) in [5.41, 5.74) is 3.15. The summed E-state index contributed by atoms with van der Waals surface area (Å²) in [6.45, 7) is -0.0291. The average Bonchev–Trinajstić information content (AvgIpc) is 2.46. The molecule has 2 rings (SSSR count). The monoisotopic (exact) mass is 242 g/mol. The van der Waals surface area contributed by atoms with E-state index in [0.29, 0.717) is 5.56 Å². The summed E-state index contributed by atoms with van der Waals surface area (Å²) in [7, 11) is 1.36. The number of benzene rings is 2. The van der Waals surface area contributed by atoms with Gasteiger partial charge in [-0.1, -0.05) is 36.4 Å². The van der Waals surface area contributed by atoms with E-state index in [0.717, 1.165) is 16.7 Å². The summed E-state index contributed by atoms with van der Waals surface area (Å²) in [6.07, 6.45) is 0. The molecule has 0 saturated heterocycles. The molecule has 0 heterocycles. The van der Waals surface area contributed by atoms with Crippen molar-refractivity contribution in [3.8, 4) is 11.1 Å². The first-order valence-corrected chi connectivity index (χ1v) is 5.63. The Morgan fingerprint density at radius 3 is 2.67 bits per heavy atom. The van der Waals surface area contributed by atoms with E-state index in [-0.39, 0.29) is 12.6 Å². The Hall–Kier alpha value is -2.13. The molecule has 18 heavy (non-hydrogen) atoms. The van der Waals surface area contributed by atoms with Crippen molar-refractivity contribution in [3.63, 3.8) is 0 Å². The van der Waals surface area contributed by atoms with Crippen molar-refractivity contribution < 1.29 is 14.6 Å². The van der Waals surface area contributed by atoms with Gasteiger partial charge in [-0.15, -0.1) is 0 Å². The molecule has 0 spiro atoms. The molecule has 92 valence electrons. The summed E-state index contributed by atoms with van der Waals surface area (Å²) in [4.78, 5) is 11.5. The maximum Gasteiger partial charge on any atom is 0.337 e. The van der Waals surface area contributed by atoms with Gasteiger partial charge in [-0.3, -0.25) is 0 Å². The SMILES string of the molecule is COC(=O)c1cccc(-c2ccccc2CO)c1. The fraction of sp³-hybridized carbons (Fsp3) is 0.133. The number of hydrogen-bond acceptors (Lipinski definition) is 3. The Kier molecular flexibility index (Phi) is 3.75. The van der Waals surface area contributed by atoms with Gasteiger partial charge in [-0.05, 0) is 28.8 Å². The van der Waals surface area contributed by atoms with E-state index in [1.807, 2.05) is 30.3 Å². The lowest BCUT2D eigenvalue weighted by Gasteiger charge is -2.08. The minimum absolute atomic E-state index is 0.0291. The molecule has 3 nitrogen and oxygen atoms in total. The standard InChI is InChI=1S/C15H14O3/c1-18-15(17)12-7-4-6-11(9-12)14-8-3-2-5-13(14)10-16/h2-9,16H,10H2,1H3. The van der Waals surface area contributed by atoms with E-state index in [4.69, 9.17) is 4.74 Å². The maximum atomic E-state index is 11.5. The lowest BCUT2D eigenvalue weighted by molar-refractivity contribution is 0.0601. The lowest BCUT2D eigenvalue weighted by atomic mass is 9.98. The van der Waals surface area contributed by atoms with Gasteiger partial charge in [0.05, 0.1) is 19.3 Å². The van der Waals surface area contributed by atoms with Crippen LogP contribution in [-0.2, 0) is 11.3 Å². The first-order valence-electron chi connectivity index (χ1n) is 5.63. The minimum atomic E-state index is -0.363. The van der Waals surface area contributed by atoms with Gasteiger partial charge in [0.25, 0.3) is 0 Å². The van der Waals surface area contributed by atoms with Gasteiger partial charge in [0.2, 0.25) is 0 Å². The first kappa shape index (κ1) is 12.3. The second-order valence-corrected chi connectivity index (χ2v) is 3.89. The van der Waals surface area contributed by atoms with E-state index < -0.39 is 0 Å². The number of hydrogen-bond donors (Lipinski definition) is 1. The van der Waals surface area contributed by atoms with E-state index in [1.165, 1.54) is 7.11 Å². The molecule has 2 aromatic rings. The van der Waals surface area contributed by atoms with Crippen LogP contribution < -0.4 is 0 Å². The van der Waals surface area contributed by atoms with Crippen LogP contribution in [0.1, 0.15) is 15.9 Å². The Labute approximate surface area is 106 Å². The molecule has 3 heteroatoms. The molecule has 2 aromatic carbocycles. The number of aliphatic hydroxyl groups is 1. The van der Waals surface area contributed by atoms with Gasteiger partial charge in [-0.2, -0.15) is 0 Å². The van der Waals surface area contributed by atoms with Gasteiger partial charge in [0.1, 0.15) is 0 Å². The predicted molar refractivity (Wildman–Crippen MR) is 69.1 cm³/mol. The molecular weight excluding hydrogens is 228 g/mol. The summed E-state index contributed by atoms with van der Waals surface area (Å²) < 4.78 is 4.70. The molecular formula is C15H14O3. The van der Waals surface area contributed by atoms with Crippen molar-refractivity contribution in [2.24, 2.45) is 0 Å². The smallest absolute Gasteiger partial charge is 0.337 e. The van der Waals surface area contributed by atoms with E-state index >= 15 is 0 Å². The largest absolute Gasteiger partial charge is 0.465 e. The van der Waals surface area contributed by atoms with Crippen LogP contribution in [-0.4, -0.2) is 18.2 Å². The fourth-order valence-corrected chi connectivity index (χ4v) is 1.87. The van der Waals surface area contributed by atoms with E-state index in [2.05, 4.69) is 0 Å². The second kappa shape index (κ2) is 5.47. The lowest BCUT2D eigenvalue weighted by Crippen LogP contribution is -2.01. The van der Waals surface area contributed by atoms with Gasteiger partial charge in [0, 0.05) is 0 Å². The zero-order valence-electron chi connectivity index (χ0n) is 10.1. The van der Waals surface area contributed by atoms with Crippen LogP contribution in [0.3, 0.4) is 0 Å². The zero-order valence-corrected chi connectivity index (χ0v) is 10.1. The van der Waals surface area contributed by atoms with Crippen LogP contribution in [0, 0.1) is 0 Å². The first-order chi connectivity index (χ1) is 8.76. The quantitative estimate of drug-likeness (QED) is 0.841. The van der Waals surface area contributed by atoms with E-state index in [1.54, 1.807) is 18.2 Å². The molecule has 0 amide bonds. The second-order valence-electron chi connectivity index (χ2n) is 3.89. The Balaban J connectivity index is 2.48. The van der Waals surface area contributed by atoms with Gasteiger partial charge in [0.15, 0.2) is 0 Å². The Morgan fingerprint density at radius 1 is 1.17 bits per heavy atom. The number of esters is 1. The van der Waals surface area contributed by atoms with Crippen LogP contribution in [0.5, 0.6) is 0 Å². The molecule has 1 N–H and O–H groups in total. The number of aliphatic hydroxyl groups excluding tert-OH is 1. The molecule has 0 aromatic heterocycles. The predicted octanol–water partition coefficient (Wildman–Crippen LogP) is 2.63. The normalized spacial score (nSPS) is 10.1. The van der Waals surface area contributed by atoms with Crippen LogP contribution in [0.15, 0.2) is 48.5 Å². The number of methoxy groups -OCH3 is 1. The zero-order chi connectivity index (χ0) is 13.0. The van der Waals surface area contributed by atoms with Crippen molar-refractivity contribution >= 4 is 5.97 Å². The molecule has 0 saturated carbocycles. The highest BCUT2D eigenvalue weighted by atomic mass is 16.5. The van der Waals surface area contributed by atoms with Gasteiger partial charge in [-0.25, -0.2) is 4.79 Å². The number of carbonyl (C=O) groups excluding carboxylic acids is 1. The molecule has 0 radical (unpaired) electrons. The van der Waals surface area contributed by atoms with Gasteiger partial charge < -0.3 is 9.84 Å².